The molecule has 0 aromatic heterocycles. The molecule has 1 aromatic carbocycles. The van der Waals surface area contributed by atoms with E-state index in [2.05, 4.69) is 0 Å². The minimum absolute atomic E-state index is 0.0253. The van der Waals surface area contributed by atoms with Gasteiger partial charge in [0.15, 0.2) is 0 Å². The Balaban J connectivity index is 2.43. The number of nitro benzene ring substituents is 1. The SMILES string of the molecule is COc1cc(/C=C2\SC(=S)N(CC(=O)[O-])C2=O)cc([N+](=O)[O-])c1[O-]. The first-order chi connectivity index (χ1) is 11.2. The van der Waals surface area contributed by atoms with E-state index in [-0.39, 0.29) is 20.5 Å². The second-order valence-electron chi connectivity index (χ2n) is 4.47. The van der Waals surface area contributed by atoms with Gasteiger partial charge in [-0.2, -0.15) is 0 Å². The fraction of sp³-hybridized carbons (Fsp3) is 0.154. The Bertz CT molecular complexity index is 791. The van der Waals surface area contributed by atoms with Crippen molar-refractivity contribution in [2.75, 3.05) is 13.7 Å². The number of hydrogen-bond acceptors (Lipinski definition) is 9. The van der Waals surface area contributed by atoms with Gasteiger partial charge in [0.1, 0.15) is 10.1 Å². The summed E-state index contributed by atoms with van der Waals surface area (Å²) in [7, 11) is 1.18. The molecular formula is C13H8N2O7S2-2. The average molecular weight is 368 g/mol. The number of thiocarbonyl (C=S) groups is 1. The number of carboxylic acids is 1. The zero-order valence-electron chi connectivity index (χ0n) is 12.0. The third-order valence-electron chi connectivity index (χ3n) is 2.93. The minimum Gasteiger partial charge on any atom is -0.865 e. The maximum Gasteiger partial charge on any atom is 0.266 e. The predicted molar refractivity (Wildman–Crippen MR) is 84.0 cm³/mol. The van der Waals surface area contributed by atoms with Crippen molar-refractivity contribution in [2.45, 2.75) is 0 Å². The van der Waals surface area contributed by atoms with Crippen LogP contribution in [0.25, 0.3) is 6.08 Å². The molecule has 9 nitrogen and oxygen atoms in total. The van der Waals surface area contributed by atoms with Gasteiger partial charge >= 0.3 is 0 Å². The number of amides is 1. The molecule has 0 saturated carbocycles. The second-order valence-corrected chi connectivity index (χ2v) is 6.14. The van der Waals surface area contributed by atoms with Gasteiger partial charge in [-0.3, -0.25) is 19.8 Å². The molecule has 0 atom stereocenters. The first-order valence-corrected chi connectivity index (χ1v) is 7.45. The number of carbonyl (C=O) groups is 2. The summed E-state index contributed by atoms with van der Waals surface area (Å²) < 4.78 is 4.83. The summed E-state index contributed by atoms with van der Waals surface area (Å²) in [5.41, 5.74) is -0.530. The first-order valence-electron chi connectivity index (χ1n) is 6.23. The Morgan fingerprint density at radius 1 is 1.50 bits per heavy atom. The van der Waals surface area contributed by atoms with E-state index >= 15 is 0 Å². The first kappa shape index (κ1) is 17.7. The quantitative estimate of drug-likeness (QED) is 0.295. The zero-order valence-corrected chi connectivity index (χ0v) is 13.6. The largest absolute Gasteiger partial charge is 0.865 e. The number of aliphatic carboxylic acids is 1. The van der Waals surface area contributed by atoms with Crippen LogP contribution >= 0.6 is 24.0 Å². The maximum atomic E-state index is 12.1. The molecule has 1 saturated heterocycles. The molecule has 126 valence electrons. The van der Waals surface area contributed by atoms with Crippen molar-refractivity contribution < 1.29 is 29.5 Å². The molecule has 0 N–H and O–H groups in total. The Morgan fingerprint density at radius 2 is 2.17 bits per heavy atom. The summed E-state index contributed by atoms with van der Waals surface area (Å²) >= 11 is 5.76. The van der Waals surface area contributed by atoms with E-state index in [4.69, 9.17) is 17.0 Å². The number of rotatable bonds is 5. The van der Waals surface area contributed by atoms with Crippen molar-refractivity contribution in [3.8, 4) is 11.5 Å². The molecule has 0 unspecified atom stereocenters. The highest BCUT2D eigenvalue weighted by Crippen LogP contribution is 2.37. The fourth-order valence-electron chi connectivity index (χ4n) is 1.90. The average Bonchev–Trinajstić information content (AvgIpc) is 2.75. The second kappa shape index (κ2) is 6.84. The van der Waals surface area contributed by atoms with Crippen molar-refractivity contribution in [2.24, 2.45) is 0 Å². The number of methoxy groups -OCH3 is 1. The monoisotopic (exact) mass is 368 g/mol. The molecule has 1 amide bonds. The van der Waals surface area contributed by atoms with Gasteiger partial charge in [0.25, 0.3) is 11.6 Å². The van der Waals surface area contributed by atoms with E-state index in [0.29, 0.717) is 0 Å². The highest BCUT2D eigenvalue weighted by molar-refractivity contribution is 8.26. The summed E-state index contributed by atoms with van der Waals surface area (Å²) in [5, 5.41) is 33.3. The molecule has 24 heavy (non-hydrogen) atoms. The maximum absolute atomic E-state index is 12.1. The van der Waals surface area contributed by atoms with Crippen molar-refractivity contribution in [3.63, 3.8) is 0 Å². The van der Waals surface area contributed by atoms with Crippen LogP contribution in [0.1, 0.15) is 5.56 Å². The number of nitro groups is 1. The van der Waals surface area contributed by atoms with Crippen molar-refractivity contribution in [3.05, 3.63) is 32.7 Å². The van der Waals surface area contributed by atoms with Gasteiger partial charge in [0.05, 0.1) is 29.5 Å². The number of carboxylic acid groups (broad SMARTS) is 1. The minimum atomic E-state index is -1.47. The predicted octanol–water partition coefficient (Wildman–Crippen LogP) is -0.372. The molecule has 1 heterocycles. The number of benzene rings is 1. The topological polar surface area (TPSA) is 136 Å². The van der Waals surface area contributed by atoms with Gasteiger partial charge in [0.2, 0.25) is 0 Å². The summed E-state index contributed by atoms with van der Waals surface area (Å²) in [6.45, 7) is -0.690. The van der Waals surface area contributed by atoms with Gasteiger partial charge in [-0.25, -0.2) is 0 Å². The fourth-order valence-corrected chi connectivity index (χ4v) is 3.15. The van der Waals surface area contributed by atoms with Crippen LogP contribution in [0.4, 0.5) is 5.69 Å². The zero-order chi connectivity index (χ0) is 18.0. The third kappa shape index (κ3) is 3.46. The number of thioether (sulfide) groups is 1. The van der Waals surface area contributed by atoms with Gasteiger partial charge in [0, 0.05) is 11.8 Å². The molecule has 1 aromatic rings. The lowest BCUT2D eigenvalue weighted by atomic mass is 10.1. The van der Waals surface area contributed by atoms with Gasteiger partial charge in [-0.15, -0.1) is 0 Å². The van der Waals surface area contributed by atoms with Gasteiger partial charge in [-0.05, 0) is 17.7 Å². The molecule has 0 bridgehead atoms. The number of nitrogens with zero attached hydrogens (tertiary/aromatic N) is 2. The van der Waals surface area contributed by atoms with Crippen LogP contribution in [-0.4, -0.2) is 39.7 Å². The van der Waals surface area contributed by atoms with Crippen LogP contribution in [-0.2, 0) is 9.59 Å². The van der Waals surface area contributed by atoms with Crippen molar-refractivity contribution in [1.29, 1.82) is 0 Å². The van der Waals surface area contributed by atoms with E-state index in [0.717, 1.165) is 22.7 Å². The Labute approximate surface area is 144 Å². The standard InChI is InChI=1S/C13H10N2O7S2/c1-22-8-3-6(2-7(11(8)18)15(20)21)4-9-12(19)14(5-10(16)17)13(23)24-9/h2-4,18H,5H2,1H3,(H,16,17)/p-2/b9-4-. The number of hydrogen-bond donors (Lipinski definition) is 0. The van der Waals surface area contributed by atoms with E-state index in [1.165, 1.54) is 19.3 Å². The lowest BCUT2D eigenvalue weighted by Crippen LogP contribution is -2.40. The highest BCUT2D eigenvalue weighted by Gasteiger charge is 2.32. The smallest absolute Gasteiger partial charge is 0.266 e. The number of carbonyl (C=O) groups excluding carboxylic acids is 2. The highest BCUT2D eigenvalue weighted by atomic mass is 32.2. The Kier molecular flexibility index (Phi) is 5.04. The van der Waals surface area contributed by atoms with E-state index < -0.39 is 34.8 Å². The summed E-state index contributed by atoms with van der Waals surface area (Å²) in [6, 6.07) is 2.23. The van der Waals surface area contributed by atoms with Crippen LogP contribution in [0.2, 0.25) is 0 Å². The lowest BCUT2D eigenvalue weighted by molar-refractivity contribution is -0.398. The molecular weight excluding hydrogens is 360 g/mol. The molecule has 1 aliphatic rings. The lowest BCUT2D eigenvalue weighted by Gasteiger charge is -2.14. The molecule has 0 spiro atoms. The molecule has 1 aliphatic heterocycles. The summed E-state index contributed by atoms with van der Waals surface area (Å²) in [5.74, 6) is -3.27. The van der Waals surface area contributed by atoms with E-state index in [1.807, 2.05) is 0 Å². The van der Waals surface area contributed by atoms with Crippen LogP contribution in [0.15, 0.2) is 17.0 Å². The van der Waals surface area contributed by atoms with Crippen molar-refractivity contribution >= 4 is 51.9 Å². The Morgan fingerprint density at radius 3 is 2.71 bits per heavy atom. The Hall–Kier alpha value is -2.66. The molecule has 1 fully saturated rings. The molecule has 2 rings (SSSR count). The molecule has 0 aliphatic carbocycles. The molecule has 11 heteroatoms. The number of ether oxygens (including phenoxy) is 1. The van der Waals surface area contributed by atoms with E-state index in [1.54, 1.807) is 0 Å². The normalized spacial score (nSPS) is 15.9. The van der Waals surface area contributed by atoms with Gasteiger partial charge in [-0.1, -0.05) is 24.0 Å². The van der Waals surface area contributed by atoms with Crippen LogP contribution < -0.4 is 14.9 Å². The molecule has 0 radical (unpaired) electrons. The van der Waals surface area contributed by atoms with Crippen LogP contribution in [0.3, 0.4) is 0 Å². The summed E-state index contributed by atoms with van der Waals surface area (Å²) in [4.78, 5) is 33.7. The summed E-state index contributed by atoms with van der Waals surface area (Å²) in [6.07, 6.45) is 1.27. The van der Waals surface area contributed by atoms with Crippen molar-refractivity contribution in [1.82, 2.24) is 4.90 Å². The van der Waals surface area contributed by atoms with Crippen LogP contribution in [0.5, 0.6) is 11.5 Å². The van der Waals surface area contributed by atoms with Gasteiger partial charge < -0.3 is 19.7 Å². The van der Waals surface area contributed by atoms with E-state index in [9.17, 15) is 29.9 Å². The third-order valence-corrected chi connectivity index (χ3v) is 4.31. The van der Waals surface area contributed by atoms with Crippen LogP contribution in [0, 0.1) is 10.1 Å².